The summed E-state index contributed by atoms with van der Waals surface area (Å²) in [6.45, 7) is 2.78. The van der Waals surface area contributed by atoms with E-state index in [1.165, 1.54) is 4.31 Å². The van der Waals surface area contributed by atoms with Crippen LogP contribution < -0.4 is 10.1 Å². The highest BCUT2D eigenvalue weighted by atomic mass is 32.2. The van der Waals surface area contributed by atoms with Crippen LogP contribution in [0, 0.1) is 5.92 Å². The van der Waals surface area contributed by atoms with Crippen LogP contribution in [0.5, 0.6) is 5.75 Å². The molecule has 1 aliphatic rings. The molecule has 7 heteroatoms. The van der Waals surface area contributed by atoms with Gasteiger partial charge in [0, 0.05) is 25.2 Å². The Balaban J connectivity index is 1.95. The van der Waals surface area contributed by atoms with Crippen molar-refractivity contribution >= 4 is 15.9 Å². The van der Waals surface area contributed by atoms with Gasteiger partial charge in [-0.3, -0.25) is 4.79 Å². The molecule has 0 bridgehead atoms. The first-order valence-electron chi connectivity index (χ1n) is 7.85. The second-order valence-electron chi connectivity index (χ2n) is 5.63. The van der Waals surface area contributed by atoms with Crippen molar-refractivity contribution < 1.29 is 17.9 Å². The molecule has 0 aromatic heterocycles. The van der Waals surface area contributed by atoms with E-state index in [2.05, 4.69) is 5.32 Å². The largest absolute Gasteiger partial charge is 0.496 e. The third kappa shape index (κ3) is 4.45. The number of ether oxygens (including phenoxy) is 1. The van der Waals surface area contributed by atoms with Gasteiger partial charge >= 0.3 is 0 Å². The molecule has 23 heavy (non-hydrogen) atoms. The summed E-state index contributed by atoms with van der Waals surface area (Å²) >= 11 is 0. The van der Waals surface area contributed by atoms with Gasteiger partial charge in [-0.05, 0) is 25.8 Å². The van der Waals surface area contributed by atoms with Gasteiger partial charge in [-0.15, -0.1) is 0 Å². The highest BCUT2D eigenvalue weighted by Gasteiger charge is 2.31. The molecule has 1 fully saturated rings. The van der Waals surface area contributed by atoms with Crippen LogP contribution in [-0.2, 0) is 21.4 Å². The second-order valence-corrected chi connectivity index (χ2v) is 7.88. The number of sulfonamides is 1. The number of nitrogens with zero attached hydrogens (tertiary/aromatic N) is 1. The molecule has 1 aromatic rings. The molecule has 1 aromatic carbocycles. The minimum absolute atomic E-state index is 0.0720. The Morgan fingerprint density at radius 1 is 1.39 bits per heavy atom. The van der Waals surface area contributed by atoms with E-state index < -0.39 is 10.0 Å². The normalized spacial score (nSPS) is 19.3. The monoisotopic (exact) mass is 340 g/mol. The molecule has 2 rings (SSSR count). The molecule has 0 saturated carbocycles. The summed E-state index contributed by atoms with van der Waals surface area (Å²) in [5.41, 5.74) is 0.900. The molecule has 1 aliphatic heterocycles. The van der Waals surface area contributed by atoms with Crippen molar-refractivity contribution in [3.63, 3.8) is 0 Å². The SMILES string of the molecule is CCS(=O)(=O)N1CCC[C@H](C(=O)NCc2ccccc2OC)C1. The predicted molar refractivity (Wildman–Crippen MR) is 88.6 cm³/mol. The minimum atomic E-state index is -3.23. The van der Waals surface area contributed by atoms with Gasteiger partial charge in [0.15, 0.2) is 0 Å². The van der Waals surface area contributed by atoms with Gasteiger partial charge in [0.25, 0.3) is 0 Å². The van der Waals surface area contributed by atoms with Crippen LogP contribution in [0.2, 0.25) is 0 Å². The van der Waals surface area contributed by atoms with E-state index >= 15 is 0 Å². The van der Waals surface area contributed by atoms with Crippen LogP contribution in [0.1, 0.15) is 25.3 Å². The van der Waals surface area contributed by atoms with Gasteiger partial charge in [-0.1, -0.05) is 18.2 Å². The predicted octanol–water partition coefficient (Wildman–Crippen LogP) is 1.37. The number of rotatable bonds is 6. The molecule has 1 saturated heterocycles. The van der Waals surface area contributed by atoms with Gasteiger partial charge in [0.2, 0.25) is 15.9 Å². The first kappa shape index (κ1) is 17.7. The van der Waals surface area contributed by atoms with Gasteiger partial charge in [0.1, 0.15) is 5.75 Å². The van der Waals surface area contributed by atoms with Crippen LogP contribution in [0.3, 0.4) is 0 Å². The highest BCUT2D eigenvalue weighted by molar-refractivity contribution is 7.89. The Labute approximate surface area is 137 Å². The Kier molecular flexibility index (Phi) is 6.01. The molecular weight excluding hydrogens is 316 g/mol. The number of piperidine rings is 1. The highest BCUT2D eigenvalue weighted by Crippen LogP contribution is 2.21. The van der Waals surface area contributed by atoms with Crippen molar-refractivity contribution in [1.82, 2.24) is 9.62 Å². The molecule has 6 nitrogen and oxygen atoms in total. The molecule has 0 radical (unpaired) electrons. The van der Waals surface area contributed by atoms with Crippen molar-refractivity contribution in [3.05, 3.63) is 29.8 Å². The maximum Gasteiger partial charge on any atom is 0.224 e. The van der Waals surface area contributed by atoms with E-state index in [4.69, 9.17) is 4.74 Å². The molecule has 1 heterocycles. The summed E-state index contributed by atoms with van der Waals surface area (Å²) in [5, 5.41) is 2.89. The molecule has 128 valence electrons. The van der Waals surface area contributed by atoms with Crippen LogP contribution in [0.25, 0.3) is 0 Å². The van der Waals surface area contributed by atoms with E-state index in [1.54, 1.807) is 14.0 Å². The third-order valence-electron chi connectivity index (χ3n) is 4.16. The van der Waals surface area contributed by atoms with E-state index in [1.807, 2.05) is 24.3 Å². The van der Waals surface area contributed by atoms with Gasteiger partial charge in [0.05, 0.1) is 18.8 Å². The molecule has 1 N–H and O–H groups in total. The second kappa shape index (κ2) is 7.79. The summed E-state index contributed by atoms with van der Waals surface area (Å²) in [4.78, 5) is 12.4. The van der Waals surface area contributed by atoms with Crippen molar-refractivity contribution in [2.24, 2.45) is 5.92 Å². The first-order valence-corrected chi connectivity index (χ1v) is 9.46. The van der Waals surface area contributed by atoms with Crippen molar-refractivity contribution in [2.45, 2.75) is 26.3 Å². The molecule has 0 aliphatic carbocycles. The van der Waals surface area contributed by atoms with Crippen molar-refractivity contribution in [3.8, 4) is 5.75 Å². The van der Waals surface area contributed by atoms with E-state index in [0.29, 0.717) is 25.9 Å². The van der Waals surface area contributed by atoms with E-state index in [9.17, 15) is 13.2 Å². The first-order chi connectivity index (χ1) is 11.0. The van der Waals surface area contributed by atoms with Crippen LogP contribution >= 0.6 is 0 Å². The fourth-order valence-corrected chi connectivity index (χ4v) is 3.95. The lowest BCUT2D eigenvalue weighted by Gasteiger charge is -2.30. The lowest BCUT2D eigenvalue weighted by Crippen LogP contribution is -2.45. The summed E-state index contributed by atoms with van der Waals surface area (Å²) in [5.74, 6) is 0.404. The maximum absolute atomic E-state index is 12.4. The van der Waals surface area contributed by atoms with Crippen LogP contribution in [0.4, 0.5) is 0 Å². The Morgan fingerprint density at radius 3 is 2.83 bits per heavy atom. The minimum Gasteiger partial charge on any atom is -0.496 e. The zero-order valence-electron chi connectivity index (χ0n) is 13.6. The average Bonchev–Trinajstić information content (AvgIpc) is 2.60. The molecule has 0 unspecified atom stereocenters. The lowest BCUT2D eigenvalue weighted by molar-refractivity contribution is -0.126. The fraction of sp³-hybridized carbons (Fsp3) is 0.562. The number of benzene rings is 1. The Bertz CT molecular complexity index is 645. The number of amides is 1. The smallest absolute Gasteiger partial charge is 0.224 e. The summed E-state index contributed by atoms with van der Waals surface area (Å²) in [7, 11) is -1.64. The standard InChI is InChI=1S/C16H24N2O4S/c1-3-23(20,21)18-10-6-8-14(12-18)16(19)17-11-13-7-4-5-9-15(13)22-2/h4-5,7,9,14H,3,6,8,10-12H2,1-2H3,(H,17,19)/t14-/m0/s1. The van der Waals surface area contributed by atoms with E-state index in [-0.39, 0.29) is 24.1 Å². The zero-order chi connectivity index (χ0) is 16.9. The van der Waals surface area contributed by atoms with Gasteiger partial charge in [-0.25, -0.2) is 12.7 Å². The summed E-state index contributed by atoms with van der Waals surface area (Å²) in [6, 6.07) is 7.50. The third-order valence-corrected chi connectivity index (χ3v) is 6.01. The quantitative estimate of drug-likeness (QED) is 0.849. The summed E-state index contributed by atoms with van der Waals surface area (Å²) < 4.78 is 30.6. The topological polar surface area (TPSA) is 75.7 Å². The van der Waals surface area contributed by atoms with Gasteiger partial charge < -0.3 is 10.1 Å². The number of methoxy groups -OCH3 is 1. The molecule has 0 spiro atoms. The Hall–Kier alpha value is -1.60. The average molecular weight is 340 g/mol. The maximum atomic E-state index is 12.4. The number of carbonyl (C=O) groups excluding carboxylic acids is 1. The van der Waals surface area contributed by atoms with Gasteiger partial charge in [-0.2, -0.15) is 0 Å². The molecule has 1 amide bonds. The number of carbonyl (C=O) groups is 1. The van der Waals surface area contributed by atoms with Crippen molar-refractivity contribution in [1.29, 1.82) is 0 Å². The Morgan fingerprint density at radius 2 is 2.13 bits per heavy atom. The number of nitrogens with one attached hydrogen (secondary N) is 1. The van der Waals surface area contributed by atoms with Crippen molar-refractivity contribution in [2.75, 3.05) is 26.0 Å². The lowest BCUT2D eigenvalue weighted by atomic mass is 9.98. The molecular formula is C16H24N2O4S. The van der Waals surface area contributed by atoms with E-state index in [0.717, 1.165) is 11.3 Å². The zero-order valence-corrected chi connectivity index (χ0v) is 14.4. The molecule has 1 atom stereocenters. The van der Waals surface area contributed by atoms with Crippen LogP contribution in [0.15, 0.2) is 24.3 Å². The number of hydrogen-bond acceptors (Lipinski definition) is 4. The number of hydrogen-bond donors (Lipinski definition) is 1. The number of para-hydroxylation sites is 1. The fourth-order valence-electron chi connectivity index (χ4n) is 2.77. The van der Waals surface area contributed by atoms with Crippen LogP contribution in [-0.4, -0.2) is 44.6 Å². The summed E-state index contributed by atoms with van der Waals surface area (Å²) in [6.07, 6.45) is 1.43.